The van der Waals surface area contributed by atoms with Crippen molar-refractivity contribution in [3.05, 3.63) is 42.2 Å². The van der Waals surface area contributed by atoms with Crippen LogP contribution in [-0.2, 0) is 16.1 Å². The molecule has 136 valence electrons. The highest BCUT2D eigenvalue weighted by Crippen LogP contribution is 2.22. The fourth-order valence-corrected chi connectivity index (χ4v) is 3.56. The molecular formula is C20H29N3O2. The highest BCUT2D eigenvalue weighted by atomic mass is 16.5. The number of morpholine rings is 1. The van der Waals surface area contributed by atoms with Crippen molar-refractivity contribution >= 4 is 5.91 Å². The van der Waals surface area contributed by atoms with Crippen LogP contribution in [0.2, 0.25) is 0 Å². The van der Waals surface area contributed by atoms with E-state index in [0.717, 1.165) is 70.6 Å². The lowest BCUT2D eigenvalue weighted by Crippen LogP contribution is -2.40. The Morgan fingerprint density at radius 3 is 2.76 bits per heavy atom. The molecule has 3 rings (SSSR count). The number of carbonyl (C=O) groups is 1. The van der Waals surface area contributed by atoms with Crippen LogP contribution in [0.15, 0.2) is 36.7 Å². The monoisotopic (exact) mass is 343 g/mol. The van der Waals surface area contributed by atoms with Gasteiger partial charge in [0, 0.05) is 51.0 Å². The minimum atomic E-state index is 0.148. The van der Waals surface area contributed by atoms with Crippen LogP contribution in [0.3, 0.4) is 0 Å². The van der Waals surface area contributed by atoms with E-state index in [1.165, 1.54) is 0 Å². The fourth-order valence-electron chi connectivity index (χ4n) is 3.56. The Hall–Kier alpha value is -1.72. The first-order valence-corrected chi connectivity index (χ1v) is 9.46. The van der Waals surface area contributed by atoms with Gasteiger partial charge in [0.05, 0.1) is 13.2 Å². The average Bonchev–Trinajstić information content (AvgIpc) is 2.69. The highest BCUT2D eigenvalue weighted by molar-refractivity contribution is 5.79. The van der Waals surface area contributed by atoms with Gasteiger partial charge >= 0.3 is 0 Å². The average molecular weight is 343 g/mol. The summed E-state index contributed by atoms with van der Waals surface area (Å²) in [6.45, 7) is 6.21. The second-order valence-electron chi connectivity index (χ2n) is 6.90. The molecule has 0 N–H and O–H groups in total. The lowest BCUT2D eigenvalue weighted by Gasteiger charge is -2.30. The van der Waals surface area contributed by atoms with E-state index in [1.807, 2.05) is 12.1 Å². The first-order valence-electron chi connectivity index (χ1n) is 9.46. The van der Waals surface area contributed by atoms with E-state index in [0.29, 0.717) is 12.5 Å². The van der Waals surface area contributed by atoms with Crippen molar-refractivity contribution in [1.82, 2.24) is 14.8 Å². The number of nitrogens with zero attached hydrogens (tertiary/aromatic N) is 3. The first-order chi connectivity index (χ1) is 12.3. The van der Waals surface area contributed by atoms with Crippen molar-refractivity contribution in [3.8, 4) is 0 Å². The molecule has 1 fully saturated rings. The third-order valence-corrected chi connectivity index (χ3v) is 5.06. The quantitative estimate of drug-likeness (QED) is 0.714. The SMILES string of the molecule is O=C([C@H]1CC=CCC1)N(CCCN1CCOCC1)Cc1ccncc1. The molecule has 1 aromatic heterocycles. The van der Waals surface area contributed by atoms with E-state index in [4.69, 9.17) is 4.74 Å². The van der Waals surface area contributed by atoms with Gasteiger partial charge in [-0.1, -0.05) is 12.2 Å². The van der Waals surface area contributed by atoms with Gasteiger partial charge in [0.15, 0.2) is 0 Å². The van der Waals surface area contributed by atoms with Gasteiger partial charge < -0.3 is 9.64 Å². The third kappa shape index (κ3) is 5.65. The summed E-state index contributed by atoms with van der Waals surface area (Å²) in [4.78, 5) is 21.6. The Labute approximate surface area is 150 Å². The summed E-state index contributed by atoms with van der Waals surface area (Å²) in [5, 5.41) is 0. The van der Waals surface area contributed by atoms with Gasteiger partial charge in [0.1, 0.15) is 0 Å². The van der Waals surface area contributed by atoms with Gasteiger partial charge in [-0.15, -0.1) is 0 Å². The molecule has 1 aliphatic heterocycles. The summed E-state index contributed by atoms with van der Waals surface area (Å²) in [6, 6.07) is 4.01. The maximum Gasteiger partial charge on any atom is 0.226 e. The molecule has 1 aromatic rings. The largest absolute Gasteiger partial charge is 0.379 e. The van der Waals surface area contributed by atoms with Crippen molar-refractivity contribution in [2.24, 2.45) is 5.92 Å². The standard InChI is InChI=1S/C20H29N3O2/c24-20(19-5-2-1-3-6-19)23(17-18-7-9-21-10-8-18)12-4-11-22-13-15-25-16-14-22/h1-2,7-10,19H,3-6,11-17H2/t19-/m0/s1. The molecule has 1 aliphatic carbocycles. The molecule has 1 saturated heterocycles. The van der Waals surface area contributed by atoms with Crippen LogP contribution in [0.1, 0.15) is 31.2 Å². The van der Waals surface area contributed by atoms with E-state index < -0.39 is 0 Å². The number of ether oxygens (including phenoxy) is 1. The van der Waals surface area contributed by atoms with Crippen molar-refractivity contribution in [2.45, 2.75) is 32.2 Å². The number of rotatable bonds is 7. The number of allylic oxidation sites excluding steroid dienone is 2. The van der Waals surface area contributed by atoms with Gasteiger partial charge in [0.25, 0.3) is 0 Å². The van der Waals surface area contributed by atoms with Crippen molar-refractivity contribution in [2.75, 3.05) is 39.4 Å². The maximum absolute atomic E-state index is 13.0. The maximum atomic E-state index is 13.0. The second kappa shape index (κ2) is 9.68. The number of hydrogen-bond donors (Lipinski definition) is 0. The van der Waals surface area contributed by atoms with Crippen LogP contribution in [0, 0.1) is 5.92 Å². The van der Waals surface area contributed by atoms with E-state index in [9.17, 15) is 4.79 Å². The zero-order valence-electron chi connectivity index (χ0n) is 15.0. The number of hydrogen-bond acceptors (Lipinski definition) is 4. The van der Waals surface area contributed by atoms with E-state index in [-0.39, 0.29) is 5.92 Å². The summed E-state index contributed by atoms with van der Waals surface area (Å²) in [6.07, 6.45) is 11.8. The summed E-state index contributed by atoms with van der Waals surface area (Å²) in [7, 11) is 0. The summed E-state index contributed by atoms with van der Waals surface area (Å²) in [5.74, 6) is 0.457. The van der Waals surface area contributed by atoms with Gasteiger partial charge in [0.2, 0.25) is 5.91 Å². The van der Waals surface area contributed by atoms with Crippen LogP contribution in [0.25, 0.3) is 0 Å². The molecule has 0 spiro atoms. The van der Waals surface area contributed by atoms with Crippen LogP contribution in [0.4, 0.5) is 0 Å². The molecular weight excluding hydrogens is 314 g/mol. The highest BCUT2D eigenvalue weighted by Gasteiger charge is 2.24. The summed E-state index contributed by atoms with van der Waals surface area (Å²) in [5.41, 5.74) is 1.15. The number of carbonyl (C=O) groups excluding carboxylic acids is 1. The van der Waals surface area contributed by atoms with E-state index in [2.05, 4.69) is 26.9 Å². The van der Waals surface area contributed by atoms with Crippen LogP contribution in [-0.4, -0.2) is 60.1 Å². The molecule has 1 atom stereocenters. The molecule has 25 heavy (non-hydrogen) atoms. The molecule has 5 heteroatoms. The lowest BCUT2D eigenvalue weighted by atomic mass is 9.93. The zero-order valence-corrected chi connectivity index (χ0v) is 15.0. The van der Waals surface area contributed by atoms with Crippen LogP contribution in [0.5, 0.6) is 0 Å². The normalized spacial score (nSPS) is 21.2. The van der Waals surface area contributed by atoms with Gasteiger partial charge in [-0.3, -0.25) is 14.7 Å². The Kier molecular flexibility index (Phi) is 7.00. The molecule has 0 bridgehead atoms. The first kappa shape index (κ1) is 18.1. The van der Waals surface area contributed by atoms with E-state index in [1.54, 1.807) is 12.4 Å². The Morgan fingerprint density at radius 2 is 2.04 bits per heavy atom. The Morgan fingerprint density at radius 1 is 1.24 bits per heavy atom. The van der Waals surface area contributed by atoms with E-state index >= 15 is 0 Å². The predicted octanol–water partition coefficient (Wildman–Crippen LogP) is 2.49. The number of amides is 1. The minimum Gasteiger partial charge on any atom is -0.379 e. The molecule has 2 aliphatic rings. The van der Waals surface area contributed by atoms with Crippen LogP contribution < -0.4 is 0 Å². The Balaban J connectivity index is 1.57. The third-order valence-electron chi connectivity index (χ3n) is 5.06. The topological polar surface area (TPSA) is 45.7 Å². The van der Waals surface area contributed by atoms with Crippen molar-refractivity contribution < 1.29 is 9.53 Å². The molecule has 1 amide bonds. The molecule has 2 heterocycles. The zero-order chi connectivity index (χ0) is 17.3. The predicted molar refractivity (Wildman–Crippen MR) is 98.0 cm³/mol. The van der Waals surface area contributed by atoms with Gasteiger partial charge in [-0.05, 0) is 43.4 Å². The molecule has 0 radical (unpaired) electrons. The molecule has 5 nitrogen and oxygen atoms in total. The molecule has 0 unspecified atom stereocenters. The Bertz CT molecular complexity index is 555. The summed E-state index contributed by atoms with van der Waals surface area (Å²) >= 11 is 0. The number of aromatic nitrogens is 1. The second-order valence-corrected chi connectivity index (χ2v) is 6.90. The smallest absolute Gasteiger partial charge is 0.226 e. The minimum absolute atomic E-state index is 0.148. The van der Waals surface area contributed by atoms with Gasteiger partial charge in [-0.2, -0.15) is 0 Å². The fraction of sp³-hybridized carbons (Fsp3) is 0.600. The van der Waals surface area contributed by atoms with Crippen molar-refractivity contribution in [3.63, 3.8) is 0 Å². The molecule has 0 aromatic carbocycles. The van der Waals surface area contributed by atoms with Crippen molar-refractivity contribution in [1.29, 1.82) is 0 Å². The van der Waals surface area contributed by atoms with Crippen LogP contribution >= 0.6 is 0 Å². The number of pyridine rings is 1. The lowest BCUT2D eigenvalue weighted by molar-refractivity contribution is -0.136. The molecule has 0 saturated carbocycles. The van der Waals surface area contributed by atoms with Gasteiger partial charge in [-0.25, -0.2) is 0 Å². The summed E-state index contributed by atoms with van der Waals surface area (Å²) < 4.78 is 5.41.